The average Bonchev–Trinajstić information content (AvgIpc) is 2.71. The molecule has 1 rings (SSSR count). The maximum absolute atomic E-state index is 12.0. The van der Waals surface area contributed by atoms with E-state index < -0.39 is 0 Å². The van der Waals surface area contributed by atoms with Crippen molar-refractivity contribution in [2.75, 3.05) is 32.5 Å². The van der Waals surface area contributed by atoms with E-state index in [9.17, 15) is 4.79 Å². The SMILES string of the molecule is CN(C)CCN(C(=O)CCBr)C1CCCC1. The van der Waals surface area contributed by atoms with Gasteiger partial charge in [0.15, 0.2) is 0 Å². The monoisotopic (exact) mass is 290 g/mol. The van der Waals surface area contributed by atoms with Crippen molar-refractivity contribution >= 4 is 21.8 Å². The quantitative estimate of drug-likeness (QED) is 0.700. The van der Waals surface area contributed by atoms with Crippen LogP contribution in [-0.4, -0.2) is 54.3 Å². The Morgan fingerprint density at radius 2 is 1.88 bits per heavy atom. The fourth-order valence-electron chi connectivity index (χ4n) is 2.26. The highest BCUT2D eigenvalue weighted by Gasteiger charge is 2.25. The Kier molecular flexibility index (Phi) is 6.36. The van der Waals surface area contributed by atoms with Gasteiger partial charge in [-0.1, -0.05) is 28.8 Å². The first-order valence-corrected chi connectivity index (χ1v) is 7.27. The number of likely N-dealkylation sites (N-methyl/N-ethyl adjacent to an activating group) is 1. The molecule has 0 saturated heterocycles. The minimum atomic E-state index is 0.311. The third-order valence-electron chi connectivity index (χ3n) is 3.18. The molecule has 0 aromatic carbocycles. The lowest BCUT2D eigenvalue weighted by molar-refractivity contribution is -0.133. The number of amides is 1. The number of hydrogen-bond donors (Lipinski definition) is 0. The van der Waals surface area contributed by atoms with Gasteiger partial charge in [-0.25, -0.2) is 0 Å². The minimum Gasteiger partial charge on any atom is -0.338 e. The summed E-state index contributed by atoms with van der Waals surface area (Å²) in [6.45, 7) is 1.84. The summed E-state index contributed by atoms with van der Waals surface area (Å²) in [4.78, 5) is 16.3. The molecule has 0 spiro atoms. The number of halogens is 1. The van der Waals surface area contributed by atoms with E-state index in [0.717, 1.165) is 18.4 Å². The van der Waals surface area contributed by atoms with Gasteiger partial charge in [0.1, 0.15) is 0 Å². The van der Waals surface area contributed by atoms with Crippen LogP contribution >= 0.6 is 15.9 Å². The number of rotatable bonds is 6. The zero-order chi connectivity index (χ0) is 12.0. The molecular weight excluding hydrogens is 268 g/mol. The molecule has 0 aliphatic heterocycles. The molecule has 3 nitrogen and oxygen atoms in total. The molecule has 1 aliphatic rings. The molecule has 0 unspecified atom stereocenters. The Labute approximate surface area is 107 Å². The summed E-state index contributed by atoms with van der Waals surface area (Å²) in [5.74, 6) is 0.311. The van der Waals surface area contributed by atoms with Gasteiger partial charge >= 0.3 is 0 Å². The van der Waals surface area contributed by atoms with E-state index in [0.29, 0.717) is 18.4 Å². The summed E-state index contributed by atoms with van der Waals surface area (Å²) >= 11 is 3.35. The third kappa shape index (κ3) is 4.42. The summed E-state index contributed by atoms with van der Waals surface area (Å²) < 4.78 is 0. The van der Waals surface area contributed by atoms with Gasteiger partial charge in [-0.15, -0.1) is 0 Å². The van der Waals surface area contributed by atoms with Crippen molar-refractivity contribution in [2.45, 2.75) is 38.1 Å². The summed E-state index contributed by atoms with van der Waals surface area (Å²) in [5, 5.41) is 0.775. The molecule has 0 radical (unpaired) electrons. The van der Waals surface area contributed by atoms with Crippen molar-refractivity contribution < 1.29 is 4.79 Å². The minimum absolute atomic E-state index is 0.311. The van der Waals surface area contributed by atoms with Gasteiger partial charge in [-0.2, -0.15) is 0 Å². The second kappa shape index (κ2) is 7.28. The van der Waals surface area contributed by atoms with Crippen LogP contribution in [0, 0.1) is 0 Å². The van der Waals surface area contributed by atoms with Crippen molar-refractivity contribution in [2.24, 2.45) is 0 Å². The van der Waals surface area contributed by atoms with Gasteiger partial charge in [-0.05, 0) is 26.9 Å². The van der Waals surface area contributed by atoms with Crippen molar-refractivity contribution in [1.29, 1.82) is 0 Å². The molecule has 1 saturated carbocycles. The Bertz CT molecular complexity index is 215. The molecule has 0 atom stereocenters. The zero-order valence-electron chi connectivity index (χ0n) is 10.4. The Hall–Kier alpha value is -0.0900. The van der Waals surface area contributed by atoms with Gasteiger partial charge in [0.05, 0.1) is 0 Å². The first-order chi connectivity index (χ1) is 7.65. The van der Waals surface area contributed by atoms with E-state index in [4.69, 9.17) is 0 Å². The van der Waals surface area contributed by atoms with E-state index in [1.54, 1.807) is 0 Å². The lowest BCUT2D eigenvalue weighted by atomic mass is 10.2. The van der Waals surface area contributed by atoms with Gasteiger partial charge in [0.2, 0.25) is 5.91 Å². The fourth-order valence-corrected chi connectivity index (χ4v) is 2.60. The number of hydrogen-bond acceptors (Lipinski definition) is 2. The van der Waals surface area contributed by atoms with Crippen LogP contribution in [0.4, 0.5) is 0 Å². The number of alkyl halides is 1. The highest BCUT2D eigenvalue weighted by molar-refractivity contribution is 9.09. The summed E-state index contributed by atoms with van der Waals surface area (Å²) in [6.07, 6.45) is 5.59. The summed E-state index contributed by atoms with van der Waals surface area (Å²) in [5.41, 5.74) is 0. The largest absolute Gasteiger partial charge is 0.338 e. The Morgan fingerprint density at radius 3 is 2.38 bits per heavy atom. The van der Waals surface area contributed by atoms with Crippen LogP contribution in [0.3, 0.4) is 0 Å². The van der Waals surface area contributed by atoms with Gasteiger partial charge < -0.3 is 9.80 Å². The topological polar surface area (TPSA) is 23.6 Å². The molecule has 4 heteroatoms. The van der Waals surface area contributed by atoms with Crippen molar-refractivity contribution in [1.82, 2.24) is 9.80 Å². The normalized spacial score (nSPS) is 17.0. The van der Waals surface area contributed by atoms with Crippen LogP contribution in [-0.2, 0) is 4.79 Å². The van der Waals surface area contributed by atoms with Crippen LogP contribution < -0.4 is 0 Å². The number of carbonyl (C=O) groups is 1. The summed E-state index contributed by atoms with van der Waals surface area (Å²) in [7, 11) is 4.11. The van der Waals surface area contributed by atoms with Crippen LogP contribution in [0.5, 0.6) is 0 Å². The van der Waals surface area contributed by atoms with E-state index in [1.807, 2.05) is 0 Å². The van der Waals surface area contributed by atoms with E-state index in [1.165, 1.54) is 25.7 Å². The first kappa shape index (κ1) is 14.0. The second-order valence-electron chi connectivity index (χ2n) is 4.77. The van der Waals surface area contributed by atoms with Crippen LogP contribution in [0.2, 0.25) is 0 Å². The fraction of sp³-hybridized carbons (Fsp3) is 0.917. The van der Waals surface area contributed by atoms with Gasteiger partial charge in [0, 0.05) is 30.9 Å². The predicted molar refractivity (Wildman–Crippen MR) is 70.9 cm³/mol. The second-order valence-corrected chi connectivity index (χ2v) is 5.56. The van der Waals surface area contributed by atoms with Crippen LogP contribution in [0.25, 0.3) is 0 Å². The van der Waals surface area contributed by atoms with E-state index in [2.05, 4.69) is 39.8 Å². The predicted octanol–water partition coefficient (Wildman–Crippen LogP) is 2.10. The third-order valence-corrected chi connectivity index (χ3v) is 3.58. The number of carbonyl (C=O) groups excluding carboxylic acids is 1. The molecule has 0 bridgehead atoms. The lowest BCUT2D eigenvalue weighted by Crippen LogP contribution is -2.42. The molecular formula is C12H23BrN2O. The molecule has 0 heterocycles. The molecule has 1 amide bonds. The maximum Gasteiger partial charge on any atom is 0.223 e. The molecule has 0 N–H and O–H groups in total. The smallest absolute Gasteiger partial charge is 0.223 e. The van der Waals surface area contributed by atoms with Gasteiger partial charge in [-0.3, -0.25) is 4.79 Å². The van der Waals surface area contributed by atoms with Gasteiger partial charge in [0.25, 0.3) is 0 Å². The van der Waals surface area contributed by atoms with Crippen LogP contribution in [0.15, 0.2) is 0 Å². The first-order valence-electron chi connectivity index (χ1n) is 6.15. The molecule has 16 heavy (non-hydrogen) atoms. The highest BCUT2D eigenvalue weighted by Crippen LogP contribution is 2.24. The molecule has 94 valence electrons. The van der Waals surface area contributed by atoms with Crippen molar-refractivity contribution in [3.05, 3.63) is 0 Å². The molecule has 0 aromatic rings. The Morgan fingerprint density at radius 1 is 1.25 bits per heavy atom. The lowest BCUT2D eigenvalue weighted by Gasteiger charge is -2.30. The van der Waals surface area contributed by atoms with E-state index in [-0.39, 0.29) is 0 Å². The summed E-state index contributed by atoms with van der Waals surface area (Å²) in [6, 6.07) is 0.506. The highest BCUT2D eigenvalue weighted by atomic mass is 79.9. The molecule has 0 aromatic heterocycles. The molecule has 1 fully saturated rings. The maximum atomic E-state index is 12.0. The standard InChI is InChI=1S/C12H23BrN2O/c1-14(2)9-10-15(12(16)7-8-13)11-5-3-4-6-11/h11H,3-10H2,1-2H3. The van der Waals surface area contributed by atoms with Crippen LogP contribution in [0.1, 0.15) is 32.1 Å². The number of nitrogens with zero attached hydrogens (tertiary/aromatic N) is 2. The molecule has 1 aliphatic carbocycles. The average molecular weight is 291 g/mol. The zero-order valence-corrected chi connectivity index (χ0v) is 12.0. The van der Waals surface area contributed by atoms with E-state index >= 15 is 0 Å². The Balaban J connectivity index is 2.49. The van der Waals surface area contributed by atoms with Crippen molar-refractivity contribution in [3.63, 3.8) is 0 Å². The van der Waals surface area contributed by atoms with Crippen molar-refractivity contribution in [3.8, 4) is 0 Å².